The number of nitrogens with zero attached hydrogens (tertiary/aromatic N) is 3. The van der Waals surface area contributed by atoms with Crippen LogP contribution in [0, 0.1) is 11.3 Å². The Morgan fingerprint density at radius 2 is 2.30 bits per heavy atom. The highest BCUT2D eigenvalue weighted by Gasteiger charge is 2.21. The molecule has 2 heterocycles. The molecule has 156 valence electrons. The van der Waals surface area contributed by atoms with Crippen LogP contribution in [-0.4, -0.2) is 42.1 Å². The van der Waals surface area contributed by atoms with Gasteiger partial charge in [-0.3, -0.25) is 4.79 Å². The summed E-state index contributed by atoms with van der Waals surface area (Å²) in [4.78, 5) is 21.0. The largest absolute Gasteiger partial charge is 0.373 e. The topological polar surface area (TPSA) is 115 Å². The van der Waals surface area contributed by atoms with Crippen LogP contribution in [0.2, 0.25) is 0 Å². The lowest BCUT2D eigenvalue weighted by Gasteiger charge is -2.14. The van der Waals surface area contributed by atoms with E-state index < -0.39 is 0 Å². The minimum Gasteiger partial charge on any atom is -0.373 e. The second-order valence-corrected chi connectivity index (χ2v) is 7.25. The van der Waals surface area contributed by atoms with Gasteiger partial charge >= 0.3 is 0 Å². The number of benzene rings is 1. The number of carbonyl (C=O) groups is 1. The molecule has 1 aliphatic rings. The highest BCUT2D eigenvalue weighted by molar-refractivity contribution is 5.82. The van der Waals surface area contributed by atoms with Gasteiger partial charge < -0.3 is 21.3 Å². The van der Waals surface area contributed by atoms with Gasteiger partial charge in [0.1, 0.15) is 5.82 Å². The SMILES string of the molecule is C=C(CCNC(=O)C1CCCN1)Cc1cnc(Nc2cccc(C#N)c2)nc1NC. The van der Waals surface area contributed by atoms with E-state index >= 15 is 0 Å². The maximum atomic E-state index is 12.1. The first kappa shape index (κ1) is 21.3. The van der Waals surface area contributed by atoms with E-state index in [1.165, 1.54) is 0 Å². The number of aromatic nitrogens is 2. The van der Waals surface area contributed by atoms with Crippen LogP contribution in [-0.2, 0) is 11.2 Å². The van der Waals surface area contributed by atoms with Crippen molar-refractivity contribution in [3.05, 3.63) is 53.7 Å². The van der Waals surface area contributed by atoms with Gasteiger partial charge in [0.25, 0.3) is 0 Å². The fourth-order valence-electron chi connectivity index (χ4n) is 3.36. The van der Waals surface area contributed by atoms with Crippen molar-refractivity contribution in [1.82, 2.24) is 20.6 Å². The van der Waals surface area contributed by atoms with Crippen LogP contribution in [0.3, 0.4) is 0 Å². The molecule has 0 aliphatic carbocycles. The molecule has 1 amide bonds. The summed E-state index contributed by atoms with van der Waals surface area (Å²) in [5.74, 6) is 1.22. The maximum Gasteiger partial charge on any atom is 0.237 e. The zero-order valence-electron chi connectivity index (χ0n) is 17.2. The van der Waals surface area contributed by atoms with Gasteiger partial charge in [-0.1, -0.05) is 18.2 Å². The Balaban J connectivity index is 1.54. The molecule has 0 spiro atoms. The Kier molecular flexibility index (Phi) is 7.35. The molecule has 1 atom stereocenters. The predicted molar refractivity (Wildman–Crippen MR) is 118 cm³/mol. The third kappa shape index (κ3) is 5.78. The molecule has 0 radical (unpaired) electrons. The van der Waals surface area contributed by atoms with E-state index in [1.807, 2.05) is 13.1 Å². The van der Waals surface area contributed by atoms with E-state index in [0.717, 1.165) is 36.2 Å². The molecule has 1 aliphatic heterocycles. The molecule has 1 saturated heterocycles. The number of nitrogens with one attached hydrogen (secondary N) is 4. The van der Waals surface area contributed by atoms with Gasteiger partial charge in [0.2, 0.25) is 11.9 Å². The number of anilines is 3. The lowest BCUT2D eigenvalue weighted by Crippen LogP contribution is -2.40. The van der Waals surface area contributed by atoms with E-state index in [-0.39, 0.29) is 11.9 Å². The minimum atomic E-state index is -0.0588. The molecule has 1 aromatic heterocycles. The van der Waals surface area contributed by atoms with Crippen LogP contribution in [0.15, 0.2) is 42.6 Å². The van der Waals surface area contributed by atoms with Crippen molar-refractivity contribution in [3.8, 4) is 6.07 Å². The molecule has 0 saturated carbocycles. The molecule has 8 nitrogen and oxygen atoms in total. The fraction of sp³-hybridized carbons (Fsp3) is 0.364. The van der Waals surface area contributed by atoms with Gasteiger partial charge in [-0.05, 0) is 50.4 Å². The molecule has 4 N–H and O–H groups in total. The van der Waals surface area contributed by atoms with E-state index in [4.69, 9.17) is 5.26 Å². The van der Waals surface area contributed by atoms with Crippen LogP contribution in [0.4, 0.5) is 17.5 Å². The number of hydrogen-bond donors (Lipinski definition) is 4. The third-order valence-corrected chi connectivity index (χ3v) is 4.94. The zero-order valence-corrected chi connectivity index (χ0v) is 17.2. The van der Waals surface area contributed by atoms with Gasteiger partial charge in [0, 0.05) is 31.0 Å². The molecule has 3 rings (SSSR count). The van der Waals surface area contributed by atoms with Crippen molar-refractivity contribution in [2.24, 2.45) is 0 Å². The average Bonchev–Trinajstić information content (AvgIpc) is 3.30. The summed E-state index contributed by atoms with van der Waals surface area (Å²) in [5, 5.41) is 21.4. The minimum absolute atomic E-state index is 0.0588. The van der Waals surface area contributed by atoms with Crippen molar-refractivity contribution in [1.29, 1.82) is 5.26 Å². The summed E-state index contributed by atoms with van der Waals surface area (Å²) in [6.45, 7) is 5.61. The predicted octanol–water partition coefficient (Wildman–Crippen LogP) is 2.49. The van der Waals surface area contributed by atoms with Gasteiger partial charge in [-0.2, -0.15) is 10.2 Å². The van der Waals surface area contributed by atoms with Gasteiger partial charge in [-0.25, -0.2) is 4.98 Å². The van der Waals surface area contributed by atoms with Crippen LogP contribution in [0.5, 0.6) is 0 Å². The Labute approximate surface area is 176 Å². The summed E-state index contributed by atoms with van der Waals surface area (Å²) in [6, 6.07) is 9.20. The summed E-state index contributed by atoms with van der Waals surface area (Å²) in [6.07, 6.45) is 5.03. The second kappa shape index (κ2) is 10.4. The number of amides is 1. The van der Waals surface area contributed by atoms with Gasteiger partial charge in [0.05, 0.1) is 17.7 Å². The first-order valence-electron chi connectivity index (χ1n) is 10.1. The third-order valence-electron chi connectivity index (χ3n) is 4.94. The van der Waals surface area contributed by atoms with Crippen LogP contribution >= 0.6 is 0 Å². The van der Waals surface area contributed by atoms with Crippen LogP contribution < -0.4 is 21.3 Å². The second-order valence-electron chi connectivity index (χ2n) is 7.25. The Bertz CT molecular complexity index is 945. The molecule has 1 unspecified atom stereocenters. The van der Waals surface area contributed by atoms with Crippen molar-refractivity contribution in [2.45, 2.75) is 31.7 Å². The van der Waals surface area contributed by atoms with E-state index in [1.54, 1.807) is 24.4 Å². The molecular weight excluding hydrogens is 378 g/mol. The van der Waals surface area contributed by atoms with Crippen molar-refractivity contribution < 1.29 is 4.79 Å². The van der Waals surface area contributed by atoms with Crippen molar-refractivity contribution >= 4 is 23.4 Å². The standard InChI is InChI=1S/C22H27N7O/c1-15(8-10-26-21(30)19-7-4-9-25-19)11-17-14-27-22(29-20(17)24-2)28-18-6-3-5-16(12-18)13-23/h3,5-6,12,14,19,25H,1,4,7-11H2,2H3,(H,26,30)(H2,24,27,28,29). The maximum absolute atomic E-state index is 12.1. The first-order chi connectivity index (χ1) is 14.6. The summed E-state index contributed by atoms with van der Waals surface area (Å²) < 4.78 is 0. The number of hydrogen-bond acceptors (Lipinski definition) is 7. The number of nitriles is 1. The zero-order chi connectivity index (χ0) is 21.3. The quantitative estimate of drug-likeness (QED) is 0.474. The molecule has 0 bridgehead atoms. The lowest BCUT2D eigenvalue weighted by atomic mass is 10.1. The molecule has 30 heavy (non-hydrogen) atoms. The number of rotatable bonds is 9. The molecule has 1 aromatic carbocycles. The van der Waals surface area contributed by atoms with E-state index in [9.17, 15) is 4.79 Å². The summed E-state index contributed by atoms with van der Waals surface area (Å²) in [7, 11) is 1.81. The normalized spacial score (nSPS) is 15.3. The Morgan fingerprint density at radius 1 is 1.43 bits per heavy atom. The molecule has 1 fully saturated rings. The molecule has 2 aromatic rings. The van der Waals surface area contributed by atoms with Gasteiger partial charge in [-0.15, -0.1) is 0 Å². The van der Waals surface area contributed by atoms with Crippen LogP contribution in [0.25, 0.3) is 0 Å². The van der Waals surface area contributed by atoms with Crippen molar-refractivity contribution in [2.75, 3.05) is 30.8 Å². The Morgan fingerprint density at radius 3 is 3.03 bits per heavy atom. The first-order valence-corrected chi connectivity index (χ1v) is 10.1. The molecular formula is C22H27N7O. The average molecular weight is 406 g/mol. The highest BCUT2D eigenvalue weighted by atomic mass is 16.2. The van der Waals surface area contributed by atoms with Crippen molar-refractivity contribution in [3.63, 3.8) is 0 Å². The van der Waals surface area contributed by atoms with Crippen LogP contribution in [0.1, 0.15) is 30.4 Å². The number of carbonyl (C=O) groups excluding carboxylic acids is 1. The highest BCUT2D eigenvalue weighted by Crippen LogP contribution is 2.20. The van der Waals surface area contributed by atoms with E-state index in [0.29, 0.717) is 36.7 Å². The molecule has 8 heteroatoms. The Hall–Kier alpha value is -3.44. The smallest absolute Gasteiger partial charge is 0.237 e. The van der Waals surface area contributed by atoms with Gasteiger partial charge in [0.15, 0.2) is 0 Å². The fourth-order valence-corrected chi connectivity index (χ4v) is 3.36. The summed E-state index contributed by atoms with van der Waals surface area (Å²) >= 11 is 0. The lowest BCUT2D eigenvalue weighted by molar-refractivity contribution is -0.122. The van der Waals surface area contributed by atoms with E-state index in [2.05, 4.69) is 43.9 Å². The summed E-state index contributed by atoms with van der Waals surface area (Å²) in [5.41, 5.74) is 3.25. The monoisotopic (exact) mass is 405 g/mol.